The zero-order valence-electron chi connectivity index (χ0n) is 24.6. The molecule has 0 radical (unpaired) electrons. The van der Waals surface area contributed by atoms with Crippen molar-refractivity contribution in [2.45, 2.75) is 10.8 Å². The molecular weight excluding hydrogens is 574 g/mol. The number of amides is 2. The molecule has 6 nitrogen and oxygen atoms in total. The van der Waals surface area contributed by atoms with Gasteiger partial charge in [-0.3, -0.25) is 14.4 Å². The summed E-state index contributed by atoms with van der Waals surface area (Å²) in [6, 6.07) is 43.9. The lowest BCUT2D eigenvalue weighted by Crippen LogP contribution is -2.45. The van der Waals surface area contributed by atoms with E-state index >= 15 is 14.4 Å². The Morgan fingerprint density at radius 1 is 0.522 bits per heavy atom. The molecule has 0 spiro atoms. The molecular formula is C40H27NO5. The maximum Gasteiger partial charge on any atom is 0.239 e. The number of nitrogens with zero attached hydrogens (tertiary/aromatic N) is 1. The van der Waals surface area contributed by atoms with Crippen molar-refractivity contribution >= 4 is 34.4 Å². The van der Waals surface area contributed by atoms with Crippen molar-refractivity contribution in [3.63, 3.8) is 0 Å². The number of carbonyl (C=O) groups excluding carboxylic acids is 3. The molecule has 9 rings (SSSR count). The number of imide groups is 1. The lowest BCUT2D eigenvalue weighted by atomic mass is 9.59. The van der Waals surface area contributed by atoms with Gasteiger partial charge in [-0.25, -0.2) is 4.90 Å². The molecule has 5 aromatic carbocycles. The van der Waals surface area contributed by atoms with Gasteiger partial charge >= 0.3 is 0 Å². The number of carbonyl (C=O) groups is 3. The Labute approximate surface area is 265 Å². The minimum atomic E-state index is -1.44. The smallest absolute Gasteiger partial charge is 0.239 e. The van der Waals surface area contributed by atoms with Crippen molar-refractivity contribution in [2.24, 2.45) is 11.8 Å². The molecule has 2 amide bonds. The van der Waals surface area contributed by atoms with Gasteiger partial charge in [0.2, 0.25) is 18.6 Å². The van der Waals surface area contributed by atoms with Crippen molar-refractivity contribution in [2.75, 3.05) is 11.7 Å². The Hall–Kier alpha value is -5.75. The van der Waals surface area contributed by atoms with Gasteiger partial charge in [-0.15, -0.1) is 0 Å². The van der Waals surface area contributed by atoms with Crippen LogP contribution in [0.25, 0.3) is 11.1 Å². The van der Waals surface area contributed by atoms with Gasteiger partial charge in [0.1, 0.15) is 0 Å². The van der Waals surface area contributed by atoms with E-state index in [0.717, 1.165) is 22.3 Å². The molecule has 2 aliphatic heterocycles. The van der Waals surface area contributed by atoms with Crippen LogP contribution in [-0.4, -0.2) is 24.4 Å². The van der Waals surface area contributed by atoms with Crippen LogP contribution in [0.5, 0.6) is 11.5 Å². The van der Waals surface area contributed by atoms with Gasteiger partial charge in [0.05, 0.1) is 28.4 Å². The third kappa shape index (κ3) is 3.18. The van der Waals surface area contributed by atoms with Gasteiger partial charge in [-0.1, -0.05) is 121 Å². The summed E-state index contributed by atoms with van der Waals surface area (Å²) in [6.45, 7) is 0.0689. The highest BCUT2D eigenvalue weighted by Gasteiger charge is 2.82. The van der Waals surface area contributed by atoms with Gasteiger partial charge in [0.15, 0.2) is 17.3 Å². The second-order valence-electron chi connectivity index (χ2n) is 12.2. The Bertz CT molecular complexity index is 1970. The molecule has 4 atom stereocenters. The molecule has 1 saturated carbocycles. The van der Waals surface area contributed by atoms with Crippen LogP contribution >= 0.6 is 0 Å². The molecule has 46 heavy (non-hydrogen) atoms. The minimum Gasteiger partial charge on any atom is -0.454 e. The van der Waals surface area contributed by atoms with Crippen LogP contribution in [0.4, 0.5) is 5.69 Å². The van der Waals surface area contributed by atoms with E-state index < -0.39 is 34.5 Å². The summed E-state index contributed by atoms with van der Waals surface area (Å²) < 4.78 is 11.1. The first-order chi connectivity index (χ1) is 22.6. The molecule has 2 aliphatic carbocycles. The fourth-order valence-corrected chi connectivity index (χ4v) is 8.61. The van der Waals surface area contributed by atoms with Crippen LogP contribution in [0.1, 0.15) is 22.3 Å². The molecule has 2 fully saturated rings. The third-order valence-electron chi connectivity index (χ3n) is 10.2. The topological polar surface area (TPSA) is 72.9 Å². The van der Waals surface area contributed by atoms with Crippen LogP contribution in [0.15, 0.2) is 140 Å². The number of hydrogen-bond acceptors (Lipinski definition) is 5. The molecule has 0 N–H and O–H groups in total. The van der Waals surface area contributed by atoms with Crippen LogP contribution in [0.3, 0.4) is 0 Å². The second kappa shape index (κ2) is 9.62. The number of Topliss-reactive ketones (excluding diaryl/α,β-unsaturated/α-hetero) is 1. The molecule has 0 unspecified atom stereocenters. The van der Waals surface area contributed by atoms with Crippen molar-refractivity contribution < 1.29 is 23.9 Å². The third-order valence-corrected chi connectivity index (χ3v) is 10.2. The largest absolute Gasteiger partial charge is 0.454 e. The first-order valence-electron chi connectivity index (χ1n) is 15.4. The van der Waals surface area contributed by atoms with Gasteiger partial charge in [0.25, 0.3) is 0 Å². The van der Waals surface area contributed by atoms with Crippen LogP contribution in [0, 0.1) is 11.8 Å². The summed E-state index contributed by atoms with van der Waals surface area (Å²) in [5.74, 6) is -1.88. The van der Waals surface area contributed by atoms with Crippen molar-refractivity contribution in [3.8, 4) is 11.5 Å². The SMILES string of the molecule is O=C1[C@H]2[C@H](C(=O)N1c1ccc3c(c1)OCO3)[C@]1(c3ccccc3)C(=O)[C@@]2(c2ccccc2)C(c2ccccc2)=C1c1ccccc1. The van der Waals surface area contributed by atoms with E-state index in [1.807, 2.05) is 121 Å². The van der Waals surface area contributed by atoms with Gasteiger partial charge < -0.3 is 9.47 Å². The summed E-state index contributed by atoms with van der Waals surface area (Å²) in [5.41, 5.74) is 2.15. The van der Waals surface area contributed by atoms with Gasteiger partial charge in [-0.2, -0.15) is 0 Å². The van der Waals surface area contributed by atoms with Gasteiger partial charge in [0, 0.05) is 6.07 Å². The summed E-state index contributed by atoms with van der Waals surface area (Å²) in [7, 11) is 0. The summed E-state index contributed by atoms with van der Waals surface area (Å²) in [5, 5.41) is 0. The first-order valence-corrected chi connectivity index (χ1v) is 15.4. The summed E-state index contributed by atoms with van der Waals surface area (Å²) in [6.07, 6.45) is 0. The predicted octanol–water partition coefficient (Wildman–Crippen LogP) is 6.60. The number of hydrogen-bond donors (Lipinski definition) is 0. The normalized spacial score (nSPS) is 25.8. The molecule has 5 aromatic rings. The standard InChI is InChI=1S/C40H27NO5/c42-36-34-35(37(43)41(36)29-21-22-30-31(23-29)46-24-45-30)40(28-19-11-4-12-20-28)33(26-15-7-2-8-16-26)32(25-13-5-1-6-14-25)39(34,38(40)44)27-17-9-3-10-18-27/h1-23,34-35H,24H2/t34-,35-,39-,40+/m1/s1. The Morgan fingerprint density at radius 2 is 0.957 bits per heavy atom. The number of fused-ring (bicyclic) bond motifs is 6. The average molecular weight is 602 g/mol. The van der Waals surface area contributed by atoms with E-state index in [2.05, 4.69) is 0 Å². The maximum atomic E-state index is 15.9. The fourth-order valence-electron chi connectivity index (χ4n) is 8.61. The van der Waals surface area contributed by atoms with E-state index in [4.69, 9.17) is 9.47 Å². The van der Waals surface area contributed by atoms with E-state index in [9.17, 15) is 0 Å². The Balaban J connectivity index is 1.42. The number of anilines is 1. The highest BCUT2D eigenvalue weighted by molar-refractivity contribution is 6.39. The average Bonchev–Trinajstić information content (AvgIpc) is 3.82. The molecule has 2 heterocycles. The molecule has 222 valence electrons. The van der Waals surface area contributed by atoms with Crippen molar-refractivity contribution in [3.05, 3.63) is 162 Å². The number of ether oxygens (including phenoxy) is 2. The van der Waals surface area contributed by atoms with E-state index in [1.165, 1.54) is 4.90 Å². The molecule has 4 aliphatic rings. The maximum absolute atomic E-state index is 15.9. The Morgan fingerprint density at radius 3 is 1.43 bits per heavy atom. The molecule has 1 saturated heterocycles. The van der Waals surface area contributed by atoms with Crippen LogP contribution in [-0.2, 0) is 25.2 Å². The highest BCUT2D eigenvalue weighted by atomic mass is 16.7. The zero-order chi connectivity index (χ0) is 31.0. The monoisotopic (exact) mass is 601 g/mol. The van der Waals surface area contributed by atoms with E-state index in [0.29, 0.717) is 28.3 Å². The van der Waals surface area contributed by atoms with Crippen LogP contribution in [0.2, 0.25) is 0 Å². The predicted molar refractivity (Wildman–Crippen MR) is 173 cm³/mol. The van der Waals surface area contributed by atoms with Gasteiger partial charge in [-0.05, 0) is 45.5 Å². The lowest BCUT2D eigenvalue weighted by Gasteiger charge is -2.39. The number of allylic oxidation sites excluding steroid dienone is 2. The van der Waals surface area contributed by atoms with Crippen molar-refractivity contribution in [1.82, 2.24) is 0 Å². The quantitative estimate of drug-likeness (QED) is 0.212. The summed E-state index contributed by atoms with van der Waals surface area (Å²) in [4.78, 5) is 47.3. The second-order valence-corrected chi connectivity index (χ2v) is 12.2. The fraction of sp³-hybridized carbons (Fsp3) is 0.125. The minimum absolute atomic E-state index is 0.0689. The number of benzene rings is 5. The lowest BCUT2D eigenvalue weighted by molar-refractivity contribution is -0.130. The highest BCUT2D eigenvalue weighted by Crippen LogP contribution is 2.74. The summed E-state index contributed by atoms with van der Waals surface area (Å²) >= 11 is 0. The van der Waals surface area contributed by atoms with E-state index in [1.54, 1.807) is 18.2 Å². The first kappa shape index (κ1) is 26.6. The molecule has 6 heteroatoms. The zero-order valence-corrected chi connectivity index (χ0v) is 24.6. The Kier molecular flexibility index (Phi) is 5.57. The number of ketones is 1. The number of rotatable bonds is 5. The molecule has 0 aromatic heterocycles. The van der Waals surface area contributed by atoms with Crippen molar-refractivity contribution in [1.29, 1.82) is 0 Å². The van der Waals surface area contributed by atoms with E-state index in [-0.39, 0.29) is 12.6 Å². The molecule has 2 bridgehead atoms. The van der Waals surface area contributed by atoms with Crippen LogP contribution < -0.4 is 14.4 Å².